The zero-order chi connectivity index (χ0) is 11.7. The molecule has 0 saturated carbocycles. The first-order chi connectivity index (χ1) is 7.58. The lowest BCUT2D eigenvalue weighted by molar-refractivity contribution is 0.866. The third-order valence-electron chi connectivity index (χ3n) is 2.37. The van der Waals surface area contributed by atoms with Gasteiger partial charge in [0.05, 0.1) is 5.69 Å². The Kier molecular flexibility index (Phi) is 2.83. The highest BCUT2D eigenvalue weighted by molar-refractivity contribution is 9.10. The number of aromatic nitrogens is 1. The summed E-state index contributed by atoms with van der Waals surface area (Å²) in [6, 6.07) is 9.56. The van der Waals surface area contributed by atoms with E-state index in [0.29, 0.717) is 0 Å². The quantitative estimate of drug-likeness (QED) is 0.871. The Morgan fingerprint density at radius 2 is 2.00 bits per heavy atom. The van der Waals surface area contributed by atoms with Crippen LogP contribution in [0.3, 0.4) is 0 Å². The zero-order valence-corrected chi connectivity index (χ0v) is 10.4. The molecule has 0 saturated heterocycles. The molecule has 0 bridgehead atoms. The molecule has 0 aliphatic rings. The molecule has 0 spiro atoms. The van der Waals surface area contributed by atoms with Gasteiger partial charge in [-0.1, -0.05) is 28.1 Å². The summed E-state index contributed by atoms with van der Waals surface area (Å²) in [4.78, 5) is 11.4. The molecule has 0 fully saturated rings. The van der Waals surface area contributed by atoms with Crippen LogP contribution in [0.25, 0.3) is 11.1 Å². The molecule has 0 radical (unpaired) electrons. The largest absolute Gasteiger partial charge is 0.394 e. The van der Waals surface area contributed by atoms with Crippen LogP contribution in [-0.4, -0.2) is 4.57 Å². The Morgan fingerprint density at radius 1 is 1.25 bits per heavy atom. The maximum Gasteiger partial charge on any atom is 0.273 e. The van der Waals surface area contributed by atoms with Gasteiger partial charge in [-0.05, 0) is 23.8 Å². The van der Waals surface area contributed by atoms with E-state index in [1.807, 2.05) is 24.3 Å². The van der Waals surface area contributed by atoms with Gasteiger partial charge in [-0.3, -0.25) is 4.79 Å². The van der Waals surface area contributed by atoms with Crippen molar-refractivity contribution in [2.45, 2.75) is 0 Å². The van der Waals surface area contributed by atoms with Crippen molar-refractivity contribution in [2.24, 2.45) is 7.05 Å². The number of nitrogens with two attached hydrogens (primary N) is 1. The SMILES string of the molecule is Cn1cc(-c2cccc(Br)c2)cc(N)c1=O. The molecule has 0 aliphatic carbocycles. The van der Waals surface area contributed by atoms with Crippen LogP contribution >= 0.6 is 15.9 Å². The van der Waals surface area contributed by atoms with E-state index in [1.54, 1.807) is 19.3 Å². The Labute approximate surface area is 102 Å². The third-order valence-corrected chi connectivity index (χ3v) is 2.86. The molecule has 2 N–H and O–H groups in total. The van der Waals surface area contributed by atoms with Crippen molar-refractivity contribution in [1.82, 2.24) is 4.57 Å². The van der Waals surface area contributed by atoms with Gasteiger partial charge >= 0.3 is 0 Å². The highest BCUT2D eigenvalue weighted by Gasteiger charge is 2.03. The van der Waals surface area contributed by atoms with Gasteiger partial charge in [0, 0.05) is 23.3 Å². The van der Waals surface area contributed by atoms with Gasteiger partial charge in [-0.15, -0.1) is 0 Å². The predicted octanol–water partition coefficient (Wildman–Crippen LogP) is 2.40. The van der Waals surface area contributed by atoms with E-state index >= 15 is 0 Å². The molecule has 0 unspecified atom stereocenters. The number of aryl methyl sites for hydroxylation is 1. The fourth-order valence-electron chi connectivity index (χ4n) is 1.56. The topological polar surface area (TPSA) is 48.0 Å². The van der Waals surface area contributed by atoms with Gasteiger partial charge in [0.2, 0.25) is 0 Å². The van der Waals surface area contributed by atoms with Crippen molar-refractivity contribution in [3.8, 4) is 11.1 Å². The lowest BCUT2D eigenvalue weighted by atomic mass is 10.1. The highest BCUT2D eigenvalue weighted by Crippen LogP contribution is 2.22. The van der Waals surface area contributed by atoms with Crippen LogP contribution < -0.4 is 11.3 Å². The molecule has 0 aliphatic heterocycles. The molecule has 0 amide bonds. The summed E-state index contributed by atoms with van der Waals surface area (Å²) in [6.07, 6.45) is 1.78. The molecule has 16 heavy (non-hydrogen) atoms. The standard InChI is InChI=1S/C12H11BrN2O/c1-15-7-9(6-11(14)12(15)16)8-3-2-4-10(13)5-8/h2-7H,14H2,1H3. The molecular formula is C12H11BrN2O. The fraction of sp³-hybridized carbons (Fsp3) is 0.0833. The maximum atomic E-state index is 11.4. The summed E-state index contributed by atoms with van der Waals surface area (Å²) in [5.41, 5.74) is 7.70. The number of anilines is 1. The minimum Gasteiger partial charge on any atom is -0.394 e. The zero-order valence-electron chi connectivity index (χ0n) is 8.77. The van der Waals surface area contributed by atoms with E-state index in [-0.39, 0.29) is 11.2 Å². The minimum absolute atomic E-state index is 0.168. The molecule has 1 heterocycles. The second-order valence-corrected chi connectivity index (χ2v) is 4.53. The van der Waals surface area contributed by atoms with Gasteiger partial charge in [-0.2, -0.15) is 0 Å². The summed E-state index contributed by atoms with van der Waals surface area (Å²) in [5, 5.41) is 0. The van der Waals surface area contributed by atoms with Gasteiger partial charge in [-0.25, -0.2) is 0 Å². The number of nitrogen functional groups attached to an aromatic ring is 1. The molecule has 3 nitrogen and oxygen atoms in total. The van der Waals surface area contributed by atoms with Crippen LogP contribution in [0.4, 0.5) is 5.69 Å². The van der Waals surface area contributed by atoms with Crippen molar-refractivity contribution in [2.75, 3.05) is 5.73 Å². The maximum absolute atomic E-state index is 11.4. The lowest BCUT2D eigenvalue weighted by Crippen LogP contribution is -2.19. The van der Waals surface area contributed by atoms with Crippen LogP contribution in [0.1, 0.15) is 0 Å². The smallest absolute Gasteiger partial charge is 0.273 e. The highest BCUT2D eigenvalue weighted by atomic mass is 79.9. The van der Waals surface area contributed by atoms with Crippen LogP contribution in [0, 0.1) is 0 Å². The van der Waals surface area contributed by atoms with Gasteiger partial charge in [0.1, 0.15) is 0 Å². The number of nitrogens with zero attached hydrogens (tertiary/aromatic N) is 1. The van der Waals surface area contributed by atoms with Crippen molar-refractivity contribution >= 4 is 21.6 Å². The average molecular weight is 279 g/mol. The van der Waals surface area contributed by atoms with Crippen LogP contribution in [-0.2, 0) is 7.05 Å². The number of hydrogen-bond acceptors (Lipinski definition) is 2. The van der Waals surface area contributed by atoms with Crippen LogP contribution in [0.2, 0.25) is 0 Å². The number of pyridine rings is 1. The molecule has 1 aromatic carbocycles. The molecular weight excluding hydrogens is 268 g/mol. The summed E-state index contributed by atoms with van der Waals surface area (Å²) in [7, 11) is 1.69. The number of benzene rings is 1. The normalized spacial score (nSPS) is 10.4. The summed E-state index contributed by atoms with van der Waals surface area (Å²) >= 11 is 3.41. The predicted molar refractivity (Wildman–Crippen MR) is 69.2 cm³/mol. The number of hydrogen-bond donors (Lipinski definition) is 1. The van der Waals surface area contributed by atoms with E-state index in [1.165, 1.54) is 4.57 Å². The summed E-state index contributed by atoms with van der Waals surface area (Å²) in [5.74, 6) is 0. The number of rotatable bonds is 1. The minimum atomic E-state index is -0.168. The Morgan fingerprint density at radius 3 is 2.62 bits per heavy atom. The fourth-order valence-corrected chi connectivity index (χ4v) is 1.96. The first-order valence-corrected chi connectivity index (χ1v) is 5.59. The average Bonchev–Trinajstić information content (AvgIpc) is 2.25. The second kappa shape index (κ2) is 4.14. The van der Waals surface area contributed by atoms with E-state index < -0.39 is 0 Å². The monoisotopic (exact) mass is 278 g/mol. The molecule has 4 heteroatoms. The summed E-state index contributed by atoms with van der Waals surface area (Å²) < 4.78 is 2.49. The van der Waals surface area contributed by atoms with Gasteiger partial charge < -0.3 is 10.3 Å². The van der Waals surface area contributed by atoms with E-state index in [2.05, 4.69) is 15.9 Å². The van der Waals surface area contributed by atoms with E-state index in [0.717, 1.165) is 15.6 Å². The van der Waals surface area contributed by atoms with E-state index in [9.17, 15) is 4.79 Å². The van der Waals surface area contributed by atoms with Crippen molar-refractivity contribution < 1.29 is 0 Å². The van der Waals surface area contributed by atoms with Crippen molar-refractivity contribution in [1.29, 1.82) is 0 Å². The van der Waals surface area contributed by atoms with Gasteiger partial charge in [0.15, 0.2) is 0 Å². The first-order valence-electron chi connectivity index (χ1n) is 4.80. The second-order valence-electron chi connectivity index (χ2n) is 3.61. The Bertz CT molecular complexity index is 564. The van der Waals surface area contributed by atoms with Crippen LogP contribution in [0.15, 0.2) is 45.8 Å². The molecule has 1 aromatic heterocycles. The third kappa shape index (κ3) is 2.02. The van der Waals surface area contributed by atoms with E-state index in [4.69, 9.17) is 5.73 Å². The molecule has 82 valence electrons. The number of halogens is 1. The van der Waals surface area contributed by atoms with Crippen molar-refractivity contribution in [3.63, 3.8) is 0 Å². The molecule has 2 rings (SSSR count). The lowest BCUT2D eigenvalue weighted by Gasteiger charge is -2.06. The van der Waals surface area contributed by atoms with Crippen molar-refractivity contribution in [3.05, 3.63) is 51.4 Å². The first kappa shape index (κ1) is 11.0. The summed E-state index contributed by atoms with van der Waals surface area (Å²) in [6.45, 7) is 0. The van der Waals surface area contributed by atoms with Crippen LogP contribution in [0.5, 0.6) is 0 Å². The Hall–Kier alpha value is -1.55. The molecule has 0 atom stereocenters. The van der Waals surface area contributed by atoms with Gasteiger partial charge in [0.25, 0.3) is 5.56 Å². The molecule has 2 aromatic rings. The Balaban J connectivity index is 2.61.